The number of imidazole rings is 2. The predicted molar refractivity (Wildman–Crippen MR) is 148 cm³/mol. The molecule has 1 aliphatic rings. The average molecular weight is 616 g/mol. The summed E-state index contributed by atoms with van der Waals surface area (Å²) in [6.45, 7) is 6.68. The van der Waals surface area contributed by atoms with Gasteiger partial charge in [0, 0.05) is 64.8 Å². The molecule has 0 amide bonds. The van der Waals surface area contributed by atoms with Crippen molar-refractivity contribution >= 4 is 35.4 Å². The van der Waals surface area contributed by atoms with E-state index in [0.29, 0.717) is 19.8 Å². The molecule has 1 saturated heterocycles. The normalized spacial score (nSPS) is 13.2. The molecule has 18 nitrogen and oxygen atoms in total. The Morgan fingerprint density at radius 1 is 0.864 bits per heavy atom. The molecular weight excluding hydrogens is 586 g/mol. The van der Waals surface area contributed by atoms with Crippen LogP contribution >= 0.6 is 0 Å². The van der Waals surface area contributed by atoms with Crippen molar-refractivity contribution in [1.82, 2.24) is 33.2 Å². The number of esters is 4. The van der Waals surface area contributed by atoms with Gasteiger partial charge in [0.1, 0.15) is 0 Å². The number of carbonyl (C=O) groups is 4. The summed E-state index contributed by atoms with van der Waals surface area (Å²) in [7, 11) is 2.31. The van der Waals surface area contributed by atoms with E-state index in [0.717, 1.165) is 45.0 Å². The summed E-state index contributed by atoms with van der Waals surface area (Å²) < 4.78 is 28.3. The summed E-state index contributed by atoms with van der Waals surface area (Å²) in [4.78, 5) is 83.2. The van der Waals surface area contributed by atoms with Crippen molar-refractivity contribution in [2.45, 2.75) is 20.4 Å². The molecule has 44 heavy (non-hydrogen) atoms. The molecule has 0 bridgehead atoms. The lowest BCUT2D eigenvalue weighted by molar-refractivity contribution is -0.133. The van der Waals surface area contributed by atoms with E-state index in [9.17, 15) is 28.8 Å². The quantitative estimate of drug-likeness (QED) is 0.255. The van der Waals surface area contributed by atoms with Crippen molar-refractivity contribution in [3.05, 3.63) is 56.9 Å². The highest BCUT2D eigenvalue weighted by Crippen LogP contribution is 2.16. The molecule has 4 aromatic rings. The molecule has 0 atom stereocenters. The number of carbonyl (C=O) groups excluding carboxylic acids is 4. The minimum Gasteiger partial charge on any atom is -0.464 e. The number of methoxy groups -OCH3 is 2. The first-order valence-corrected chi connectivity index (χ1v) is 13.1. The first-order chi connectivity index (χ1) is 21.0. The SMILES string of the molecule is COC(=O)c1[nH]c2nccn2c(=O)c1OC(C)=O.COC(=O)c1nc2n(CCN3CCOCC3)ccn2c(=O)c1OC(C)=O. The van der Waals surface area contributed by atoms with Gasteiger partial charge in [-0.15, -0.1) is 0 Å². The summed E-state index contributed by atoms with van der Waals surface area (Å²) in [6.07, 6.45) is 5.97. The Labute approximate surface area is 247 Å². The average Bonchev–Trinajstić information content (AvgIpc) is 3.66. The van der Waals surface area contributed by atoms with E-state index in [-0.39, 0.29) is 22.9 Å². The second kappa shape index (κ2) is 13.7. The molecule has 5 rings (SSSR count). The smallest absolute Gasteiger partial charge is 0.360 e. The number of aromatic amines is 1. The molecule has 0 aromatic carbocycles. The van der Waals surface area contributed by atoms with E-state index < -0.39 is 46.5 Å². The molecule has 0 unspecified atom stereocenters. The lowest BCUT2D eigenvalue weighted by Crippen LogP contribution is -2.38. The fraction of sp³-hybridized carbons (Fsp3) is 0.385. The third-order valence-corrected chi connectivity index (χ3v) is 6.25. The van der Waals surface area contributed by atoms with Gasteiger partial charge in [0.25, 0.3) is 0 Å². The van der Waals surface area contributed by atoms with Crippen LogP contribution in [-0.4, -0.2) is 104 Å². The van der Waals surface area contributed by atoms with Crippen LogP contribution in [0, 0.1) is 0 Å². The second-order valence-corrected chi connectivity index (χ2v) is 9.14. The number of nitrogens with zero attached hydrogens (tertiary/aromatic N) is 6. The van der Waals surface area contributed by atoms with Crippen LogP contribution in [0.25, 0.3) is 11.6 Å². The van der Waals surface area contributed by atoms with Crippen molar-refractivity contribution in [3.63, 3.8) is 0 Å². The van der Waals surface area contributed by atoms with Crippen LogP contribution in [0.3, 0.4) is 0 Å². The molecule has 1 fully saturated rings. The Balaban J connectivity index is 0.000000215. The highest BCUT2D eigenvalue weighted by molar-refractivity contribution is 5.92. The van der Waals surface area contributed by atoms with Crippen LogP contribution in [0.4, 0.5) is 0 Å². The molecule has 0 spiro atoms. The van der Waals surface area contributed by atoms with Crippen molar-refractivity contribution in [2.75, 3.05) is 47.1 Å². The minimum absolute atomic E-state index is 0.149. The summed E-state index contributed by atoms with van der Waals surface area (Å²) in [5, 5.41) is 0. The lowest BCUT2D eigenvalue weighted by atomic mass is 10.3. The Bertz CT molecular complexity index is 1830. The largest absolute Gasteiger partial charge is 0.464 e. The number of hydrogen-bond donors (Lipinski definition) is 1. The number of rotatable bonds is 7. The molecule has 234 valence electrons. The molecule has 1 N–H and O–H groups in total. The van der Waals surface area contributed by atoms with Crippen LogP contribution in [0.2, 0.25) is 0 Å². The van der Waals surface area contributed by atoms with E-state index in [2.05, 4.69) is 29.3 Å². The van der Waals surface area contributed by atoms with Gasteiger partial charge < -0.3 is 33.2 Å². The standard InChI is InChI=1S/C16H20N4O6.C10H9N3O5/c1-11(21)26-13-12(15(23)24-2)17-16-19(5-6-20(16)14(13)22)4-3-18-7-9-25-10-8-18;1-5(14)18-7-6(9(16)17-2)12-10-11-3-4-13(10)8(7)15/h5-6H,3-4,7-10H2,1-2H3;3-4H,1-2H3,(H,11,12). The first-order valence-electron chi connectivity index (χ1n) is 13.1. The Hall–Kier alpha value is -5.36. The zero-order chi connectivity index (χ0) is 32.0. The topological polar surface area (TPSA) is 207 Å². The third-order valence-electron chi connectivity index (χ3n) is 6.25. The molecule has 5 heterocycles. The van der Waals surface area contributed by atoms with Gasteiger partial charge in [-0.05, 0) is 0 Å². The van der Waals surface area contributed by atoms with Crippen LogP contribution in [0.15, 0.2) is 34.4 Å². The zero-order valence-corrected chi connectivity index (χ0v) is 24.2. The number of fused-ring (bicyclic) bond motifs is 2. The molecule has 1 aliphatic heterocycles. The number of H-pyrrole nitrogens is 1. The number of hydrogen-bond acceptors (Lipinski definition) is 14. The second-order valence-electron chi connectivity index (χ2n) is 9.14. The summed E-state index contributed by atoms with van der Waals surface area (Å²) in [5.74, 6) is -3.54. The summed E-state index contributed by atoms with van der Waals surface area (Å²) >= 11 is 0. The van der Waals surface area contributed by atoms with E-state index in [1.807, 2.05) is 0 Å². The van der Waals surface area contributed by atoms with Crippen molar-refractivity contribution < 1.29 is 42.9 Å². The monoisotopic (exact) mass is 615 g/mol. The zero-order valence-electron chi connectivity index (χ0n) is 24.2. The Kier molecular flexibility index (Phi) is 9.86. The van der Waals surface area contributed by atoms with Crippen molar-refractivity contribution in [3.8, 4) is 11.5 Å². The van der Waals surface area contributed by atoms with Gasteiger partial charge in [-0.25, -0.2) is 28.4 Å². The molecule has 0 radical (unpaired) electrons. The van der Waals surface area contributed by atoms with Crippen LogP contribution < -0.4 is 20.6 Å². The van der Waals surface area contributed by atoms with Gasteiger partial charge in [-0.1, -0.05) is 0 Å². The Morgan fingerprint density at radius 2 is 1.50 bits per heavy atom. The van der Waals surface area contributed by atoms with E-state index >= 15 is 0 Å². The third kappa shape index (κ3) is 6.81. The molecule has 18 heteroatoms. The minimum atomic E-state index is -0.846. The van der Waals surface area contributed by atoms with Gasteiger partial charge in [-0.2, -0.15) is 0 Å². The molecular formula is C26H29N7O11. The molecule has 0 aliphatic carbocycles. The van der Waals surface area contributed by atoms with Crippen LogP contribution in [0.5, 0.6) is 11.5 Å². The fourth-order valence-electron chi connectivity index (χ4n) is 4.21. The number of nitrogens with one attached hydrogen (secondary N) is 1. The number of morpholine rings is 1. The van der Waals surface area contributed by atoms with Gasteiger partial charge in [-0.3, -0.25) is 24.1 Å². The first kappa shape index (κ1) is 31.6. The highest BCUT2D eigenvalue weighted by atomic mass is 16.6. The van der Waals surface area contributed by atoms with Gasteiger partial charge in [0.05, 0.1) is 27.4 Å². The summed E-state index contributed by atoms with van der Waals surface area (Å²) in [5.41, 5.74) is -1.89. The van der Waals surface area contributed by atoms with E-state index in [1.165, 1.54) is 30.1 Å². The molecule has 4 aromatic heterocycles. The maximum atomic E-state index is 12.6. The number of ether oxygens (including phenoxy) is 5. The van der Waals surface area contributed by atoms with Gasteiger partial charge in [0.2, 0.25) is 28.7 Å². The summed E-state index contributed by atoms with van der Waals surface area (Å²) in [6, 6.07) is 0. The van der Waals surface area contributed by atoms with E-state index in [1.54, 1.807) is 10.8 Å². The predicted octanol–water partition coefficient (Wildman–Crippen LogP) is -0.725. The maximum Gasteiger partial charge on any atom is 0.360 e. The lowest BCUT2D eigenvalue weighted by Gasteiger charge is -2.26. The Morgan fingerprint density at radius 3 is 2.14 bits per heavy atom. The maximum absolute atomic E-state index is 12.6. The van der Waals surface area contributed by atoms with Gasteiger partial charge >= 0.3 is 35.0 Å². The highest BCUT2D eigenvalue weighted by Gasteiger charge is 2.25. The van der Waals surface area contributed by atoms with Crippen molar-refractivity contribution in [1.29, 1.82) is 0 Å². The van der Waals surface area contributed by atoms with Crippen LogP contribution in [-0.2, 0) is 30.3 Å². The van der Waals surface area contributed by atoms with Gasteiger partial charge in [0.15, 0.2) is 5.69 Å². The number of aromatic nitrogens is 6. The van der Waals surface area contributed by atoms with Crippen molar-refractivity contribution in [2.24, 2.45) is 0 Å². The van der Waals surface area contributed by atoms with E-state index in [4.69, 9.17) is 14.2 Å². The fourth-order valence-corrected chi connectivity index (χ4v) is 4.21. The van der Waals surface area contributed by atoms with Crippen LogP contribution in [0.1, 0.15) is 34.8 Å². The molecule has 0 saturated carbocycles.